The minimum Gasteiger partial charge on any atom is -0.312 e. The average Bonchev–Trinajstić information content (AvgIpc) is 2.77. The number of rotatable bonds is 5. The molecule has 0 bridgehead atoms. The van der Waals surface area contributed by atoms with Gasteiger partial charge in [0.25, 0.3) is 0 Å². The Bertz CT molecular complexity index is 425. The zero-order valence-corrected chi connectivity index (χ0v) is 10.5. The van der Waals surface area contributed by atoms with Gasteiger partial charge in [-0.15, -0.1) is 0 Å². The molecule has 2 aromatic rings. The van der Waals surface area contributed by atoms with E-state index in [-0.39, 0.29) is 0 Å². The maximum atomic E-state index is 5.92. The van der Waals surface area contributed by atoms with E-state index in [1.807, 2.05) is 18.2 Å². The molecule has 0 atom stereocenters. The van der Waals surface area contributed by atoms with Gasteiger partial charge in [0.1, 0.15) is 0 Å². The van der Waals surface area contributed by atoms with E-state index in [9.17, 15) is 0 Å². The summed E-state index contributed by atoms with van der Waals surface area (Å²) in [6.07, 6.45) is 1.02. The van der Waals surface area contributed by atoms with Crippen LogP contribution in [0.1, 0.15) is 11.1 Å². The highest BCUT2D eigenvalue weighted by Gasteiger charge is 1.95. The number of nitrogens with one attached hydrogen (secondary N) is 1. The molecule has 1 aromatic heterocycles. The van der Waals surface area contributed by atoms with Crippen LogP contribution in [0.3, 0.4) is 0 Å². The second-order valence-electron chi connectivity index (χ2n) is 3.69. The molecular weight excluding hydrogens is 238 g/mol. The summed E-state index contributed by atoms with van der Waals surface area (Å²) < 4.78 is 0. The third-order valence-electron chi connectivity index (χ3n) is 2.39. The van der Waals surface area contributed by atoms with Gasteiger partial charge in [0.2, 0.25) is 0 Å². The van der Waals surface area contributed by atoms with Crippen LogP contribution in [0.15, 0.2) is 41.1 Å². The highest BCUT2D eigenvalue weighted by molar-refractivity contribution is 7.07. The van der Waals surface area contributed by atoms with Crippen molar-refractivity contribution in [3.63, 3.8) is 0 Å². The van der Waals surface area contributed by atoms with Crippen molar-refractivity contribution >= 4 is 22.9 Å². The normalized spacial score (nSPS) is 10.6. The first-order valence-electron chi connectivity index (χ1n) is 5.31. The minimum atomic E-state index is 0.815. The van der Waals surface area contributed by atoms with Crippen LogP contribution < -0.4 is 5.32 Å². The Labute approximate surface area is 105 Å². The summed E-state index contributed by atoms with van der Waals surface area (Å²) in [5, 5.41) is 8.51. The summed E-state index contributed by atoms with van der Waals surface area (Å²) in [5.41, 5.74) is 2.64. The van der Waals surface area contributed by atoms with E-state index in [0.29, 0.717) is 0 Å². The zero-order chi connectivity index (χ0) is 11.2. The molecule has 1 N–H and O–H groups in total. The third-order valence-corrected chi connectivity index (χ3v) is 3.36. The van der Waals surface area contributed by atoms with Crippen molar-refractivity contribution in [2.24, 2.45) is 0 Å². The summed E-state index contributed by atoms with van der Waals surface area (Å²) in [5.74, 6) is 0. The summed E-state index contributed by atoms with van der Waals surface area (Å²) in [7, 11) is 0. The Morgan fingerprint density at radius 2 is 2.12 bits per heavy atom. The molecule has 0 radical (unpaired) electrons. The Kier molecular flexibility index (Phi) is 4.40. The molecule has 16 heavy (non-hydrogen) atoms. The number of halogens is 1. The lowest BCUT2D eigenvalue weighted by Gasteiger charge is -2.04. The molecule has 84 valence electrons. The first-order valence-corrected chi connectivity index (χ1v) is 6.63. The quantitative estimate of drug-likeness (QED) is 0.799. The Hall–Kier alpha value is -0.830. The summed E-state index contributed by atoms with van der Waals surface area (Å²) in [6, 6.07) is 10.2. The second kappa shape index (κ2) is 6.04. The van der Waals surface area contributed by atoms with E-state index in [0.717, 1.165) is 24.5 Å². The molecule has 0 unspecified atom stereocenters. The van der Waals surface area contributed by atoms with Crippen molar-refractivity contribution in [2.45, 2.75) is 13.0 Å². The molecule has 1 nitrogen and oxygen atoms in total. The van der Waals surface area contributed by atoms with Crippen LogP contribution in [0.25, 0.3) is 0 Å². The summed E-state index contributed by atoms with van der Waals surface area (Å²) in [4.78, 5) is 0. The van der Waals surface area contributed by atoms with Gasteiger partial charge < -0.3 is 5.32 Å². The predicted octanol–water partition coefficient (Wildman–Crippen LogP) is 3.73. The number of benzene rings is 1. The highest BCUT2D eigenvalue weighted by atomic mass is 35.5. The molecule has 1 heterocycles. The molecule has 0 fully saturated rings. The fourth-order valence-corrected chi connectivity index (χ4v) is 2.43. The number of thiophene rings is 1. The molecule has 0 saturated heterocycles. The smallest absolute Gasteiger partial charge is 0.0408 e. The lowest BCUT2D eigenvalue weighted by atomic mass is 10.1. The number of hydrogen-bond acceptors (Lipinski definition) is 2. The van der Waals surface area contributed by atoms with E-state index in [2.05, 4.69) is 28.2 Å². The monoisotopic (exact) mass is 251 g/mol. The van der Waals surface area contributed by atoms with Crippen molar-refractivity contribution in [1.82, 2.24) is 5.32 Å². The Morgan fingerprint density at radius 3 is 2.88 bits per heavy atom. The van der Waals surface area contributed by atoms with Crippen molar-refractivity contribution in [3.8, 4) is 0 Å². The van der Waals surface area contributed by atoms with Crippen molar-refractivity contribution < 1.29 is 0 Å². The van der Waals surface area contributed by atoms with E-state index in [1.165, 1.54) is 11.1 Å². The van der Waals surface area contributed by atoms with Crippen molar-refractivity contribution in [2.75, 3.05) is 6.54 Å². The lowest BCUT2D eigenvalue weighted by molar-refractivity contribution is 0.688. The SMILES string of the molecule is Clc1cccc(CCNCc2ccsc2)c1. The fourth-order valence-electron chi connectivity index (χ4n) is 1.55. The topological polar surface area (TPSA) is 12.0 Å². The molecule has 3 heteroatoms. The maximum absolute atomic E-state index is 5.92. The van der Waals surface area contributed by atoms with E-state index in [4.69, 9.17) is 11.6 Å². The highest BCUT2D eigenvalue weighted by Crippen LogP contribution is 2.10. The molecule has 0 saturated carbocycles. The van der Waals surface area contributed by atoms with Gasteiger partial charge in [0.15, 0.2) is 0 Å². The van der Waals surface area contributed by atoms with Gasteiger partial charge in [0, 0.05) is 11.6 Å². The second-order valence-corrected chi connectivity index (χ2v) is 4.90. The van der Waals surface area contributed by atoms with E-state index < -0.39 is 0 Å². The van der Waals surface area contributed by atoms with Gasteiger partial charge in [-0.2, -0.15) is 11.3 Å². The lowest BCUT2D eigenvalue weighted by Crippen LogP contribution is -2.16. The van der Waals surface area contributed by atoms with Gasteiger partial charge >= 0.3 is 0 Å². The molecular formula is C13H14ClNS. The first-order chi connectivity index (χ1) is 7.84. The summed E-state index contributed by atoms with van der Waals surface area (Å²) in [6.45, 7) is 1.93. The molecule has 0 aliphatic heterocycles. The van der Waals surface area contributed by atoms with Crippen LogP contribution in [0, 0.1) is 0 Å². The molecule has 2 rings (SSSR count). The molecule has 0 spiro atoms. The Morgan fingerprint density at radius 1 is 1.19 bits per heavy atom. The zero-order valence-electron chi connectivity index (χ0n) is 8.95. The van der Waals surface area contributed by atoms with Crippen LogP contribution >= 0.6 is 22.9 Å². The predicted molar refractivity (Wildman–Crippen MR) is 71.2 cm³/mol. The molecule has 0 aliphatic rings. The van der Waals surface area contributed by atoms with Crippen LogP contribution in [0.4, 0.5) is 0 Å². The molecule has 0 amide bonds. The van der Waals surface area contributed by atoms with Crippen LogP contribution in [0.5, 0.6) is 0 Å². The minimum absolute atomic E-state index is 0.815. The first kappa shape index (κ1) is 11.6. The van der Waals surface area contributed by atoms with E-state index in [1.54, 1.807) is 11.3 Å². The largest absolute Gasteiger partial charge is 0.312 e. The van der Waals surface area contributed by atoms with Gasteiger partial charge in [-0.1, -0.05) is 23.7 Å². The van der Waals surface area contributed by atoms with Crippen LogP contribution in [0.2, 0.25) is 5.02 Å². The number of hydrogen-bond donors (Lipinski definition) is 1. The van der Waals surface area contributed by atoms with Gasteiger partial charge in [-0.05, 0) is 53.1 Å². The van der Waals surface area contributed by atoms with Gasteiger partial charge in [0.05, 0.1) is 0 Å². The standard InChI is InChI=1S/C13H14ClNS/c14-13-3-1-2-11(8-13)4-6-15-9-12-5-7-16-10-12/h1-3,5,7-8,10,15H,4,6,9H2. The average molecular weight is 252 g/mol. The fraction of sp³-hybridized carbons (Fsp3) is 0.231. The van der Waals surface area contributed by atoms with Gasteiger partial charge in [-0.3, -0.25) is 0 Å². The van der Waals surface area contributed by atoms with Crippen LogP contribution in [-0.4, -0.2) is 6.54 Å². The molecule has 0 aliphatic carbocycles. The summed E-state index contributed by atoms with van der Waals surface area (Å²) >= 11 is 7.66. The maximum Gasteiger partial charge on any atom is 0.0408 e. The molecule has 1 aromatic carbocycles. The van der Waals surface area contributed by atoms with Crippen molar-refractivity contribution in [3.05, 3.63) is 57.2 Å². The third kappa shape index (κ3) is 3.63. The Balaban J connectivity index is 1.72. The van der Waals surface area contributed by atoms with E-state index >= 15 is 0 Å². The van der Waals surface area contributed by atoms with Crippen molar-refractivity contribution in [1.29, 1.82) is 0 Å². The van der Waals surface area contributed by atoms with Gasteiger partial charge in [-0.25, -0.2) is 0 Å². The van der Waals surface area contributed by atoms with Crippen LogP contribution in [-0.2, 0) is 13.0 Å².